The van der Waals surface area contributed by atoms with E-state index in [1.807, 2.05) is 29.3 Å². The molecular weight excluding hydrogens is 368 g/mol. The van der Waals surface area contributed by atoms with Crippen LogP contribution < -0.4 is 4.74 Å². The Morgan fingerprint density at radius 3 is 2.97 bits per heavy atom. The van der Waals surface area contributed by atoms with Crippen LogP contribution >= 0.6 is 0 Å². The zero-order valence-electron chi connectivity index (χ0n) is 17.4. The molecule has 0 radical (unpaired) electrons. The summed E-state index contributed by atoms with van der Waals surface area (Å²) in [4.78, 5) is 19.6. The van der Waals surface area contributed by atoms with Gasteiger partial charge in [0, 0.05) is 38.6 Å². The average Bonchev–Trinajstić information content (AvgIpc) is 3.23. The average molecular weight is 399 g/mol. The molecule has 2 saturated heterocycles. The van der Waals surface area contributed by atoms with E-state index in [1.165, 1.54) is 0 Å². The zero-order chi connectivity index (χ0) is 20.3. The lowest BCUT2D eigenvalue weighted by Gasteiger charge is -2.40. The lowest BCUT2D eigenvalue weighted by Crippen LogP contribution is -2.49. The van der Waals surface area contributed by atoms with E-state index in [-0.39, 0.29) is 17.2 Å². The van der Waals surface area contributed by atoms with Gasteiger partial charge in [-0.1, -0.05) is 12.1 Å². The highest BCUT2D eigenvalue weighted by atomic mass is 16.5. The summed E-state index contributed by atoms with van der Waals surface area (Å²) in [5.74, 6) is 2.77. The molecular formula is C23H30N2O4. The summed E-state index contributed by atoms with van der Waals surface area (Å²) in [7, 11) is 1.67. The van der Waals surface area contributed by atoms with E-state index in [1.54, 1.807) is 7.11 Å². The number of carbonyl (C=O) groups excluding carboxylic acids is 1. The lowest BCUT2D eigenvalue weighted by molar-refractivity contribution is -0.140. The second-order valence-corrected chi connectivity index (χ2v) is 8.47. The summed E-state index contributed by atoms with van der Waals surface area (Å²) in [6.07, 6.45) is 6.10. The van der Waals surface area contributed by atoms with Crippen molar-refractivity contribution < 1.29 is 18.7 Å². The number of hydrogen-bond acceptors (Lipinski definition) is 5. The lowest BCUT2D eigenvalue weighted by atomic mass is 9.81. The van der Waals surface area contributed by atoms with Gasteiger partial charge in [0.25, 0.3) is 0 Å². The molecule has 1 atom stereocenters. The molecule has 1 amide bonds. The molecule has 3 heterocycles. The summed E-state index contributed by atoms with van der Waals surface area (Å²) in [6, 6.07) is 7.98. The van der Waals surface area contributed by atoms with Crippen LogP contribution in [-0.4, -0.2) is 49.2 Å². The summed E-state index contributed by atoms with van der Waals surface area (Å²) < 4.78 is 16.9. The van der Waals surface area contributed by atoms with Crippen molar-refractivity contribution in [2.24, 2.45) is 5.92 Å². The van der Waals surface area contributed by atoms with Gasteiger partial charge in [-0.3, -0.25) is 4.79 Å². The second kappa shape index (κ2) is 8.57. The van der Waals surface area contributed by atoms with E-state index >= 15 is 0 Å². The Morgan fingerprint density at radius 1 is 1.34 bits per heavy atom. The fourth-order valence-corrected chi connectivity index (χ4v) is 4.46. The number of nitrogens with zero attached hydrogens (tertiary/aromatic N) is 2. The molecule has 2 fully saturated rings. The molecule has 0 bridgehead atoms. The molecule has 0 aliphatic carbocycles. The normalized spacial score (nSPS) is 23.2. The number of ether oxygens (including phenoxy) is 2. The fraction of sp³-hybridized carbons (Fsp3) is 0.565. The van der Waals surface area contributed by atoms with Gasteiger partial charge in [0.1, 0.15) is 11.5 Å². The van der Waals surface area contributed by atoms with Crippen LogP contribution in [0.5, 0.6) is 5.75 Å². The molecule has 2 aromatic rings. The Balaban J connectivity index is 1.45. The van der Waals surface area contributed by atoms with E-state index < -0.39 is 0 Å². The molecule has 4 rings (SSSR count). The third-order valence-electron chi connectivity index (χ3n) is 6.16. The van der Waals surface area contributed by atoms with Gasteiger partial charge < -0.3 is 18.8 Å². The molecule has 2 aliphatic rings. The first kappa shape index (κ1) is 20.0. The number of amides is 1. The maximum atomic E-state index is 13.0. The number of likely N-dealkylation sites (tertiary alicyclic amines) is 1. The van der Waals surface area contributed by atoms with Crippen LogP contribution in [-0.2, 0) is 21.4 Å². The molecule has 29 heavy (non-hydrogen) atoms. The molecule has 6 heteroatoms. The van der Waals surface area contributed by atoms with Gasteiger partial charge in [-0.05, 0) is 50.3 Å². The molecule has 2 aliphatic heterocycles. The van der Waals surface area contributed by atoms with Gasteiger partial charge >= 0.3 is 0 Å². The second-order valence-electron chi connectivity index (χ2n) is 8.47. The van der Waals surface area contributed by atoms with Crippen LogP contribution in [0.25, 0.3) is 0 Å². The highest BCUT2D eigenvalue weighted by molar-refractivity contribution is 5.79. The number of oxazole rings is 1. The van der Waals surface area contributed by atoms with Gasteiger partial charge in [0.2, 0.25) is 11.8 Å². The maximum absolute atomic E-state index is 13.0. The number of hydrogen-bond donors (Lipinski definition) is 0. The Labute approximate surface area is 172 Å². The summed E-state index contributed by atoms with van der Waals surface area (Å²) in [5, 5.41) is 0. The minimum atomic E-state index is -0.244. The minimum Gasteiger partial charge on any atom is -0.497 e. The topological polar surface area (TPSA) is 64.8 Å². The van der Waals surface area contributed by atoms with Crippen molar-refractivity contribution in [3.05, 3.63) is 47.7 Å². The van der Waals surface area contributed by atoms with Crippen molar-refractivity contribution in [1.29, 1.82) is 0 Å². The van der Waals surface area contributed by atoms with E-state index in [9.17, 15) is 4.79 Å². The minimum absolute atomic E-state index is 0.0966. The standard InChI is InChI=1S/C23H30N2O4/c1-23(9-4-10-25(16-23)21(26)18-7-11-28-12-8-18)22-24-15-20(29-22)14-17-5-3-6-19(13-17)27-2/h3,5-6,13,15,18H,4,7-12,14,16H2,1-2H3. The summed E-state index contributed by atoms with van der Waals surface area (Å²) >= 11 is 0. The van der Waals surface area contributed by atoms with Crippen LogP contribution in [0.2, 0.25) is 0 Å². The number of benzene rings is 1. The van der Waals surface area contributed by atoms with Crippen molar-refractivity contribution in [1.82, 2.24) is 9.88 Å². The van der Waals surface area contributed by atoms with Gasteiger partial charge in [-0.25, -0.2) is 4.98 Å². The monoisotopic (exact) mass is 398 g/mol. The quantitative estimate of drug-likeness (QED) is 0.770. The fourth-order valence-electron chi connectivity index (χ4n) is 4.46. The molecule has 6 nitrogen and oxygen atoms in total. The van der Waals surface area contributed by atoms with Gasteiger partial charge in [0.15, 0.2) is 0 Å². The van der Waals surface area contributed by atoms with Crippen LogP contribution in [0.1, 0.15) is 49.8 Å². The van der Waals surface area contributed by atoms with Crippen molar-refractivity contribution in [3.63, 3.8) is 0 Å². The Bertz CT molecular complexity index is 843. The maximum Gasteiger partial charge on any atom is 0.225 e. The van der Waals surface area contributed by atoms with Crippen molar-refractivity contribution in [2.45, 2.75) is 44.4 Å². The van der Waals surface area contributed by atoms with Crippen molar-refractivity contribution >= 4 is 5.91 Å². The smallest absolute Gasteiger partial charge is 0.225 e. The first-order chi connectivity index (χ1) is 14.1. The zero-order valence-corrected chi connectivity index (χ0v) is 17.4. The largest absolute Gasteiger partial charge is 0.497 e. The van der Waals surface area contributed by atoms with E-state index in [0.717, 1.165) is 55.2 Å². The Morgan fingerprint density at radius 2 is 2.17 bits per heavy atom. The molecule has 156 valence electrons. The van der Waals surface area contributed by atoms with Crippen LogP contribution in [0.3, 0.4) is 0 Å². The van der Waals surface area contributed by atoms with E-state index in [0.29, 0.717) is 26.2 Å². The number of rotatable bonds is 5. The van der Waals surface area contributed by atoms with Gasteiger partial charge in [-0.15, -0.1) is 0 Å². The number of carbonyl (C=O) groups is 1. The van der Waals surface area contributed by atoms with Crippen LogP contribution in [0, 0.1) is 5.92 Å². The summed E-state index contributed by atoms with van der Waals surface area (Å²) in [6.45, 7) is 5.03. The molecule has 1 unspecified atom stereocenters. The van der Waals surface area contributed by atoms with E-state index in [2.05, 4.69) is 18.0 Å². The van der Waals surface area contributed by atoms with Crippen molar-refractivity contribution in [2.75, 3.05) is 33.4 Å². The van der Waals surface area contributed by atoms with Gasteiger partial charge in [-0.2, -0.15) is 0 Å². The number of aromatic nitrogens is 1. The van der Waals surface area contributed by atoms with Crippen LogP contribution in [0.15, 0.2) is 34.9 Å². The van der Waals surface area contributed by atoms with E-state index in [4.69, 9.17) is 13.9 Å². The SMILES string of the molecule is COc1cccc(Cc2cnc(C3(C)CCCN(C(=O)C4CCOCC4)C3)o2)c1. The predicted octanol–water partition coefficient (Wildman–Crippen LogP) is 3.58. The van der Waals surface area contributed by atoms with Gasteiger partial charge in [0.05, 0.1) is 18.7 Å². The number of methoxy groups -OCH3 is 1. The Kier molecular flexibility index (Phi) is 5.90. The third kappa shape index (κ3) is 4.47. The number of piperidine rings is 1. The van der Waals surface area contributed by atoms with Crippen molar-refractivity contribution in [3.8, 4) is 5.75 Å². The van der Waals surface area contributed by atoms with Crippen LogP contribution in [0.4, 0.5) is 0 Å². The molecule has 0 saturated carbocycles. The molecule has 0 spiro atoms. The highest BCUT2D eigenvalue weighted by Crippen LogP contribution is 2.35. The highest BCUT2D eigenvalue weighted by Gasteiger charge is 2.40. The third-order valence-corrected chi connectivity index (χ3v) is 6.16. The first-order valence-electron chi connectivity index (χ1n) is 10.5. The first-order valence-corrected chi connectivity index (χ1v) is 10.5. The molecule has 0 N–H and O–H groups in total. The molecule has 1 aromatic heterocycles. The Hall–Kier alpha value is -2.34. The molecule has 1 aromatic carbocycles. The summed E-state index contributed by atoms with van der Waals surface area (Å²) in [5.41, 5.74) is 0.878. The predicted molar refractivity (Wildman–Crippen MR) is 109 cm³/mol.